The minimum atomic E-state index is -1.10. The van der Waals surface area contributed by atoms with Crippen molar-refractivity contribution in [2.24, 2.45) is 0 Å². The lowest BCUT2D eigenvalue weighted by molar-refractivity contribution is 0.0685. The molecule has 6 nitrogen and oxygen atoms in total. The second kappa shape index (κ2) is 5.47. The van der Waals surface area contributed by atoms with Gasteiger partial charge >= 0.3 is 5.97 Å². The van der Waals surface area contributed by atoms with Gasteiger partial charge in [-0.3, -0.25) is 0 Å². The molecular formula is C9H14N2O4. The number of aliphatic hydroxyl groups excluding tert-OH is 1. The fourth-order valence-corrected chi connectivity index (χ4v) is 1.02. The SMILES string of the molecule is CC(O)CCNCc1cc(C(=O)O)no1. The van der Waals surface area contributed by atoms with Gasteiger partial charge in [-0.1, -0.05) is 5.16 Å². The Morgan fingerprint density at radius 3 is 3.00 bits per heavy atom. The van der Waals surface area contributed by atoms with Crippen LogP contribution in [-0.4, -0.2) is 34.0 Å². The Kier molecular flexibility index (Phi) is 4.26. The van der Waals surface area contributed by atoms with Crippen LogP contribution in [0.15, 0.2) is 10.6 Å². The molecule has 1 rings (SSSR count). The maximum absolute atomic E-state index is 10.5. The fourth-order valence-electron chi connectivity index (χ4n) is 1.02. The van der Waals surface area contributed by atoms with Crippen molar-refractivity contribution in [1.29, 1.82) is 0 Å². The van der Waals surface area contributed by atoms with Gasteiger partial charge in [-0.25, -0.2) is 4.79 Å². The number of aromatic nitrogens is 1. The van der Waals surface area contributed by atoms with Gasteiger partial charge in [-0.05, 0) is 19.9 Å². The molecule has 1 heterocycles. The van der Waals surface area contributed by atoms with E-state index in [1.807, 2.05) is 0 Å². The van der Waals surface area contributed by atoms with E-state index in [0.717, 1.165) is 0 Å². The number of aromatic carboxylic acids is 1. The van der Waals surface area contributed by atoms with Crippen molar-refractivity contribution < 1.29 is 19.5 Å². The van der Waals surface area contributed by atoms with Crippen LogP contribution in [-0.2, 0) is 6.54 Å². The van der Waals surface area contributed by atoms with Crippen molar-refractivity contribution in [3.63, 3.8) is 0 Å². The van der Waals surface area contributed by atoms with E-state index in [1.165, 1.54) is 6.07 Å². The molecule has 15 heavy (non-hydrogen) atoms. The summed E-state index contributed by atoms with van der Waals surface area (Å²) in [6, 6.07) is 1.37. The first kappa shape index (κ1) is 11.7. The van der Waals surface area contributed by atoms with Crippen LogP contribution >= 0.6 is 0 Å². The molecule has 0 spiro atoms. The highest BCUT2D eigenvalue weighted by atomic mass is 16.5. The second-order valence-electron chi connectivity index (χ2n) is 3.30. The van der Waals surface area contributed by atoms with Crippen molar-refractivity contribution in [3.8, 4) is 0 Å². The number of carboxylic acid groups (broad SMARTS) is 1. The van der Waals surface area contributed by atoms with Crippen LogP contribution in [0.4, 0.5) is 0 Å². The molecule has 1 aromatic rings. The van der Waals surface area contributed by atoms with Crippen molar-refractivity contribution in [3.05, 3.63) is 17.5 Å². The summed E-state index contributed by atoms with van der Waals surface area (Å²) in [5, 5.41) is 23.9. The van der Waals surface area contributed by atoms with Gasteiger partial charge in [0.2, 0.25) is 0 Å². The maximum Gasteiger partial charge on any atom is 0.358 e. The third-order valence-corrected chi connectivity index (χ3v) is 1.82. The molecule has 0 aliphatic heterocycles. The molecule has 0 saturated carbocycles. The first-order valence-electron chi connectivity index (χ1n) is 4.67. The van der Waals surface area contributed by atoms with Crippen LogP contribution < -0.4 is 5.32 Å². The zero-order valence-electron chi connectivity index (χ0n) is 8.43. The van der Waals surface area contributed by atoms with Crippen LogP contribution in [0, 0.1) is 0 Å². The standard InChI is InChI=1S/C9H14N2O4/c1-6(12)2-3-10-5-7-4-8(9(13)14)11-15-7/h4,6,10,12H,2-3,5H2,1H3,(H,13,14). The Hall–Kier alpha value is -1.40. The molecular weight excluding hydrogens is 200 g/mol. The highest BCUT2D eigenvalue weighted by Gasteiger charge is 2.09. The average molecular weight is 214 g/mol. The van der Waals surface area contributed by atoms with Crippen molar-refractivity contribution in [2.75, 3.05) is 6.54 Å². The predicted octanol–water partition coefficient (Wildman–Crippen LogP) is 0.233. The van der Waals surface area contributed by atoms with E-state index in [9.17, 15) is 4.79 Å². The summed E-state index contributed by atoms with van der Waals surface area (Å²) < 4.78 is 4.78. The van der Waals surface area contributed by atoms with Crippen molar-refractivity contribution in [2.45, 2.75) is 26.0 Å². The number of carboxylic acids is 1. The predicted molar refractivity (Wildman–Crippen MR) is 51.5 cm³/mol. The Bertz CT molecular complexity index is 322. The molecule has 0 fully saturated rings. The molecule has 0 saturated heterocycles. The molecule has 0 aliphatic rings. The number of rotatable bonds is 6. The van der Waals surface area contributed by atoms with Crippen molar-refractivity contribution >= 4 is 5.97 Å². The maximum atomic E-state index is 10.5. The minimum absolute atomic E-state index is 0.0951. The summed E-state index contributed by atoms with van der Waals surface area (Å²) in [6.07, 6.45) is 0.293. The molecule has 3 N–H and O–H groups in total. The summed E-state index contributed by atoms with van der Waals surface area (Å²) >= 11 is 0. The van der Waals surface area contributed by atoms with Gasteiger partial charge in [0.05, 0.1) is 12.6 Å². The number of nitrogens with one attached hydrogen (secondary N) is 1. The number of aliphatic hydroxyl groups is 1. The lowest BCUT2D eigenvalue weighted by atomic mass is 10.3. The largest absolute Gasteiger partial charge is 0.476 e. The average Bonchev–Trinajstić information content (AvgIpc) is 2.60. The molecule has 1 unspecified atom stereocenters. The van der Waals surface area contributed by atoms with Crippen LogP contribution in [0.2, 0.25) is 0 Å². The molecule has 0 radical (unpaired) electrons. The van der Waals surface area contributed by atoms with Gasteiger partial charge in [0.15, 0.2) is 11.5 Å². The number of nitrogens with zero attached hydrogens (tertiary/aromatic N) is 1. The molecule has 6 heteroatoms. The van der Waals surface area contributed by atoms with Gasteiger partial charge in [-0.2, -0.15) is 0 Å². The Labute approximate surface area is 86.9 Å². The van der Waals surface area contributed by atoms with E-state index in [1.54, 1.807) is 6.92 Å². The number of hydrogen-bond acceptors (Lipinski definition) is 5. The second-order valence-corrected chi connectivity index (χ2v) is 3.30. The topological polar surface area (TPSA) is 95.6 Å². The van der Waals surface area contributed by atoms with E-state index in [4.69, 9.17) is 14.7 Å². The smallest absolute Gasteiger partial charge is 0.358 e. The Morgan fingerprint density at radius 1 is 1.73 bits per heavy atom. The molecule has 0 aliphatic carbocycles. The summed E-state index contributed by atoms with van der Waals surface area (Å²) in [5.74, 6) is -0.632. The zero-order valence-corrected chi connectivity index (χ0v) is 8.43. The summed E-state index contributed by atoms with van der Waals surface area (Å²) in [4.78, 5) is 10.5. The Morgan fingerprint density at radius 2 is 2.47 bits per heavy atom. The summed E-state index contributed by atoms with van der Waals surface area (Å²) in [7, 11) is 0. The minimum Gasteiger partial charge on any atom is -0.476 e. The fraction of sp³-hybridized carbons (Fsp3) is 0.556. The van der Waals surface area contributed by atoms with Crippen LogP contribution in [0.1, 0.15) is 29.6 Å². The molecule has 1 atom stereocenters. The normalized spacial score (nSPS) is 12.7. The quantitative estimate of drug-likeness (QED) is 0.587. The summed E-state index contributed by atoms with van der Waals surface area (Å²) in [5.41, 5.74) is -0.0951. The number of hydrogen-bond donors (Lipinski definition) is 3. The van der Waals surface area contributed by atoms with Crippen LogP contribution in [0.3, 0.4) is 0 Å². The van der Waals surface area contributed by atoms with Crippen LogP contribution in [0.25, 0.3) is 0 Å². The van der Waals surface area contributed by atoms with E-state index in [2.05, 4.69) is 10.5 Å². The van der Waals surface area contributed by atoms with Gasteiger partial charge in [0.25, 0.3) is 0 Å². The third kappa shape index (κ3) is 4.09. The number of carbonyl (C=O) groups is 1. The monoisotopic (exact) mass is 214 g/mol. The van der Waals surface area contributed by atoms with Gasteiger partial charge < -0.3 is 20.1 Å². The van der Waals surface area contributed by atoms with Crippen LogP contribution in [0.5, 0.6) is 0 Å². The van der Waals surface area contributed by atoms with Gasteiger partial charge in [-0.15, -0.1) is 0 Å². The lowest BCUT2D eigenvalue weighted by Crippen LogP contribution is -2.18. The van der Waals surface area contributed by atoms with E-state index >= 15 is 0 Å². The molecule has 84 valence electrons. The van der Waals surface area contributed by atoms with E-state index in [-0.39, 0.29) is 11.8 Å². The van der Waals surface area contributed by atoms with Crippen molar-refractivity contribution in [1.82, 2.24) is 10.5 Å². The lowest BCUT2D eigenvalue weighted by Gasteiger charge is -2.03. The first-order chi connectivity index (χ1) is 7.09. The van der Waals surface area contributed by atoms with Gasteiger partial charge in [0.1, 0.15) is 0 Å². The van der Waals surface area contributed by atoms with E-state index < -0.39 is 5.97 Å². The molecule has 0 bridgehead atoms. The zero-order chi connectivity index (χ0) is 11.3. The van der Waals surface area contributed by atoms with E-state index in [0.29, 0.717) is 25.3 Å². The first-order valence-corrected chi connectivity index (χ1v) is 4.67. The highest BCUT2D eigenvalue weighted by molar-refractivity contribution is 5.85. The molecule has 0 aromatic carbocycles. The molecule has 1 aromatic heterocycles. The van der Waals surface area contributed by atoms with Gasteiger partial charge in [0, 0.05) is 6.07 Å². The highest BCUT2D eigenvalue weighted by Crippen LogP contribution is 2.02. The Balaban J connectivity index is 2.29. The molecule has 0 amide bonds. The third-order valence-electron chi connectivity index (χ3n) is 1.82. The summed E-state index contributed by atoms with van der Waals surface area (Å²) in [6.45, 7) is 2.76.